The molecule has 150 valence electrons. The highest BCUT2D eigenvalue weighted by atomic mass is 16.2. The molecule has 0 N–H and O–H groups in total. The first kappa shape index (κ1) is 18.1. The van der Waals surface area contributed by atoms with Crippen molar-refractivity contribution >= 4 is 17.8 Å². The van der Waals surface area contributed by atoms with Crippen molar-refractivity contribution in [1.29, 1.82) is 0 Å². The molecule has 0 radical (unpaired) electrons. The summed E-state index contributed by atoms with van der Waals surface area (Å²) in [6.07, 6.45) is 8.55. The first-order valence-corrected chi connectivity index (χ1v) is 10.4. The minimum atomic E-state index is -0.749. The van der Waals surface area contributed by atoms with E-state index < -0.39 is 5.54 Å². The van der Waals surface area contributed by atoms with Crippen LogP contribution in [0.15, 0.2) is 48.9 Å². The Morgan fingerprint density at radius 2 is 1.79 bits per heavy atom. The standard InChI is InChI=1S/C22H25N5O2/c28-20-22(8-12-25(13-9-22)19-14-23-10-11-24-19)27(16-17-4-2-1-3-5-17)21(29)26(20)15-18-6-7-18/h1-5,10-11,14,18H,6-9,12-13,15-16H2. The van der Waals surface area contributed by atoms with Crippen LogP contribution in [0.4, 0.5) is 10.6 Å². The number of urea groups is 1. The second-order valence-electron chi connectivity index (χ2n) is 8.30. The first-order valence-electron chi connectivity index (χ1n) is 10.4. The minimum absolute atomic E-state index is 0.0101. The fourth-order valence-electron chi connectivity index (χ4n) is 4.53. The summed E-state index contributed by atoms with van der Waals surface area (Å²) in [5, 5.41) is 0. The third-order valence-electron chi connectivity index (χ3n) is 6.41. The molecule has 5 rings (SSSR count). The Labute approximate surface area is 170 Å². The molecule has 1 aliphatic carbocycles. The molecule has 3 heterocycles. The van der Waals surface area contributed by atoms with Crippen molar-refractivity contribution in [2.45, 2.75) is 37.8 Å². The van der Waals surface area contributed by atoms with Gasteiger partial charge in [-0.15, -0.1) is 0 Å². The highest BCUT2D eigenvalue weighted by molar-refractivity contribution is 6.07. The number of imide groups is 1. The predicted molar refractivity (Wildman–Crippen MR) is 108 cm³/mol. The Balaban J connectivity index is 1.41. The number of anilines is 1. The van der Waals surface area contributed by atoms with Gasteiger partial charge in [0.2, 0.25) is 0 Å². The van der Waals surface area contributed by atoms with Gasteiger partial charge >= 0.3 is 6.03 Å². The third-order valence-corrected chi connectivity index (χ3v) is 6.41. The number of nitrogens with zero attached hydrogens (tertiary/aromatic N) is 5. The van der Waals surface area contributed by atoms with Crippen LogP contribution in [0.1, 0.15) is 31.2 Å². The number of rotatable bonds is 5. The largest absolute Gasteiger partial charge is 0.355 e. The van der Waals surface area contributed by atoms with Gasteiger partial charge in [0, 0.05) is 38.6 Å². The van der Waals surface area contributed by atoms with E-state index in [1.807, 2.05) is 35.2 Å². The molecule has 1 spiro atoms. The lowest BCUT2D eigenvalue weighted by Crippen LogP contribution is -2.56. The number of carbonyl (C=O) groups is 2. The molecule has 2 aliphatic heterocycles. The Hall–Kier alpha value is -2.96. The summed E-state index contributed by atoms with van der Waals surface area (Å²) in [6, 6.07) is 9.83. The maximum absolute atomic E-state index is 13.5. The molecule has 3 amide bonds. The first-order chi connectivity index (χ1) is 14.2. The van der Waals surface area contributed by atoms with Crippen molar-refractivity contribution in [1.82, 2.24) is 19.8 Å². The van der Waals surface area contributed by atoms with Crippen LogP contribution in [0.5, 0.6) is 0 Å². The molecular formula is C22H25N5O2. The van der Waals surface area contributed by atoms with E-state index in [1.54, 1.807) is 18.6 Å². The number of amides is 3. The summed E-state index contributed by atoms with van der Waals surface area (Å²) in [5.41, 5.74) is 0.304. The van der Waals surface area contributed by atoms with E-state index >= 15 is 0 Å². The lowest BCUT2D eigenvalue weighted by atomic mass is 9.85. The summed E-state index contributed by atoms with van der Waals surface area (Å²) in [5.74, 6) is 1.30. The van der Waals surface area contributed by atoms with Crippen LogP contribution in [0.3, 0.4) is 0 Å². The van der Waals surface area contributed by atoms with Gasteiger partial charge in [0.15, 0.2) is 0 Å². The Bertz CT molecular complexity index is 892. The molecule has 2 saturated heterocycles. The molecule has 0 bridgehead atoms. The monoisotopic (exact) mass is 391 g/mol. The predicted octanol–water partition coefficient (Wildman–Crippen LogP) is 2.69. The van der Waals surface area contributed by atoms with Gasteiger partial charge in [0.05, 0.1) is 6.20 Å². The summed E-state index contributed by atoms with van der Waals surface area (Å²) < 4.78 is 0. The van der Waals surface area contributed by atoms with E-state index in [0.717, 1.165) is 24.2 Å². The highest BCUT2D eigenvalue weighted by Gasteiger charge is 2.58. The van der Waals surface area contributed by atoms with Gasteiger partial charge in [0.25, 0.3) is 5.91 Å². The average Bonchev–Trinajstić information content (AvgIpc) is 3.58. The van der Waals surface area contributed by atoms with Gasteiger partial charge in [-0.2, -0.15) is 0 Å². The van der Waals surface area contributed by atoms with Crippen LogP contribution in [0.2, 0.25) is 0 Å². The van der Waals surface area contributed by atoms with Crippen molar-refractivity contribution in [3.05, 3.63) is 54.5 Å². The number of carbonyl (C=O) groups excluding carboxylic acids is 2. The normalized spacial score (nSPS) is 21.3. The van der Waals surface area contributed by atoms with Crippen molar-refractivity contribution in [2.24, 2.45) is 5.92 Å². The Kier molecular flexibility index (Phi) is 4.45. The van der Waals surface area contributed by atoms with Gasteiger partial charge in [0.1, 0.15) is 11.4 Å². The molecule has 1 saturated carbocycles. The Morgan fingerprint density at radius 3 is 2.45 bits per heavy atom. The SMILES string of the molecule is O=C1N(CC2CC2)C(=O)C2(CCN(c3cnccn3)CC2)N1Cc1ccccc1. The number of benzene rings is 1. The zero-order valence-corrected chi connectivity index (χ0v) is 16.4. The maximum Gasteiger partial charge on any atom is 0.327 e. The van der Waals surface area contributed by atoms with E-state index in [0.29, 0.717) is 44.9 Å². The van der Waals surface area contributed by atoms with Gasteiger partial charge in [-0.25, -0.2) is 9.78 Å². The third kappa shape index (κ3) is 3.24. The van der Waals surface area contributed by atoms with Crippen LogP contribution < -0.4 is 4.90 Å². The van der Waals surface area contributed by atoms with Crippen LogP contribution >= 0.6 is 0 Å². The summed E-state index contributed by atoms with van der Waals surface area (Å²) in [7, 11) is 0. The molecule has 7 nitrogen and oxygen atoms in total. The number of piperidine rings is 1. The van der Waals surface area contributed by atoms with Gasteiger partial charge < -0.3 is 9.80 Å². The lowest BCUT2D eigenvalue weighted by molar-refractivity contribution is -0.134. The average molecular weight is 391 g/mol. The lowest BCUT2D eigenvalue weighted by Gasteiger charge is -2.42. The number of aromatic nitrogens is 2. The van der Waals surface area contributed by atoms with Crippen LogP contribution in [0, 0.1) is 5.92 Å². The van der Waals surface area contributed by atoms with Crippen LogP contribution in [-0.4, -0.2) is 56.9 Å². The molecule has 3 fully saturated rings. The summed E-state index contributed by atoms with van der Waals surface area (Å²) >= 11 is 0. The van der Waals surface area contributed by atoms with Crippen molar-refractivity contribution in [2.75, 3.05) is 24.5 Å². The summed E-state index contributed by atoms with van der Waals surface area (Å²) in [6.45, 7) is 2.40. The van der Waals surface area contributed by atoms with E-state index in [-0.39, 0.29) is 11.9 Å². The minimum Gasteiger partial charge on any atom is -0.355 e. The van der Waals surface area contributed by atoms with Gasteiger partial charge in [-0.3, -0.25) is 14.7 Å². The quantitative estimate of drug-likeness (QED) is 0.733. The highest BCUT2D eigenvalue weighted by Crippen LogP contribution is 2.41. The van der Waals surface area contributed by atoms with Crippen LogP contribution in [0.25, 0.3) is 0 Å². The molecule has 7 heteroatoms. The fraction of sp³-hybridized carbons (Fsp3) is 0.455. The molecule has 2 aromatic rings. The van der Waals surface area contributed by atoms with E-state index in [4.69, 9.17) is 0 Å². The topological polar surface area (TPSA) is 69.6 Å². The molecule has 29 heavy (non-hydrogen) atoms. The second kappa shape index (κ2) is 7.13. The molecule has 0 atom stereocenters. The number of hydrogen-bond acceptors (Lipinski definition) is 5. The molecule has 1 aromatic heterocycles. The number of hydrogen-bond donors (Lipinski definition) is 0. The van der Waals surface area contributed by atoms with E-state index in [9.17, 15) is 9.59 Å². The Morgan fingerprint density at radius 1 is 1.03 bits per heavy atom. The van der Waals surface area contributed by atoms with Crippen molar-refractivity contribution in [3.63, 3.8) is 0 Å². The fourth-order valence-corrected chi connectivity index (χ4v) is 4.53. The van der Waals surface area contributed by atoms with E-state index in [2.05, 4.69) is 14.9 Å². The second-order valence-corrected chi connectivity index (χ2v) is 8.30. The van der Waals surface area contributed by atoms with Crippen molar-refractivity contribution in [3.8, 4) is 0 Å². The van der Waals surface area contributed by atoms with Gasteiger partial charge in [-0.1, -0.05) is 30.3 Å². The van der Waals surface area contributed by atoms with Gasteiger partial charge in [-0.05, 0) is 37.2 Å². The molecule has 3 aliphatic rings. The smallest absolute Gasteiger partial charge is 0.327 e. The van der Waals surface area contributed by atoms with Crippen molar-refractivity contribution < 1.29 is 9.59 Å². The molecule has 0 unspecified atom stereocenters. The zero-order valence-electron chi connectivity index (χ0n) is 16.4. The maximum atomic E-state index is 13.5. The molecule has 1 aromatic carbocycles. The van der Waals surface area contributed by atoms with Crippen LogP contribution in [-0.2, 0) is 11.3 Å². The molecular weight excluding hydrogens is 366 g/mol. The zero-order chi connectivity index (χ0) is 19.8. The van der Waals surface area contributed by atoms with E-state index in [1.165, 1.54) is 4.90 Å². The summed E-state index contributed by atoms with van der Waals surface area (Å²) in [4.78, 5) is 40.9.